The molecule has 0 radical (unpaired) electrons. The molecule has 1 amide bonds. The number of hydrogen-bond acceptors (Lipinski definition) is 2. The van der Waals surface area contributed by atoms with Crippen LogP contribution in [0.5, 0.6) is 5.75 Å². The van der Waals surface area contributed by atoms with Gasteiger partial charge in [-0.15, -0.1) is 11.6 Å². The quantitative estimate of drug-likeness (QED) is 0.804. The van der Waals surface area contributed by atoms with Gasteiger partial charge in [0, 0.05) is 12.7 Å². The Labute approximate surface area is 123 Å². The van der Waals surface area contributed by atoms with E-state index < -0.39 is 5.38 Å². The Morgan fingerprint density at radius 1 is 1.10 bits per heavy atom. The van der Waals surface area contributed by atoms with Crippen molar-refractivity contribution in [2.75, 3.05) is 19.1 Å². The number of rotatable bonds is 4. The second-order valence-electron chi connectivity index (χ2n) is 4.37. The van der Waals surface area contributed by atoms with Gasteiger partial charge in [0.05, 0.1) is 7.11 Å². The molecule has 0 heterocycles. The SMILES string of the molecule is COc1ccc(C(Cl)C(=O)N(C)c2ccccc2)cc1. The maximum atomic E-state index is 12.4. The molecule has 0 aromatic heterocycles. The molecule has 0 aliphatic carbocycles. The molecule has 0 spiro atoms. The summed E-state index contributed by atoms with van der Waals surface area (Å²) in [4.78, 5) is 13.9. The maximum Gasteiger partial charge on any atom is 0.249 e. The fourth-order valence-corrected chi connectivity index (χ4v) is 2.16. The van der Waals surface area contributed by atoms with Crippen LogP contribution in [0.2, 0.25) is 0 Å². The first-order chi connectivity index (χ1) is 9.63. The minimum Gasteiger partial charge on any atom is -0.497 e. The third-order valence-electron chi connectivity index (χ3n) is 3.10. The first-order valence-corrected chi connectivity index (χ1v) is 6.67. The summed E-state index contributed by atoms with van der Waals surface area (Å²) in [5.74, 6) is 0.574. The van der Waals surface area contributed by atoms with E-state index in [1.54, 1.807) is 43.3 Å². The molecule has 0 N–H and O–H groups in total. The Morgan fingerprint density at radius 2 is 1.70 bits per heavy atom. The van der Waals surface area contributed by atoms with Crippen molar-refractivity contribution in [1.29, 1.82) is 0 Å². The third kappa shape index (κ3) is 3.11. The van der Waals surface area contributed by atoms with Crippen LogP contribution in [0, 0.1) is 0 Å². The van der Waals surface area contributed by atoms with Crippen molar-refractivity contribution >= 4 is 23.2 Å². The van der Waals surface area contributed by atoms with Crippen molar-refractivity contribution in [3.05, 3.63) is 60.2 Å². The van der Waals surface area contributed by atoms with Crippen LogP contribution in [0.3, 0.4) is 0 Å². The first-order valence-electron chi connectivity index (χ1n) is 6.24. The number of benzene rings is 2. The summed E-state index contributed by atoms with van der Waals surface area (Å²) in [7, 11) is 3.32. The van der Waals surface area contributed by atoms with E-state index in [4.69, 9.17) is 16.3 Å². The molecule has 0 bridgehead atoms. The fourth-order valence-electron chi connectivity index (χ4n) is 1.86. The summed E-state index contributed by atoms with van der Waals surface area (Å²) in [6.45, 7) is 0. The van der Waals surface area contributed by atoms with Gasteiger partial charge in [0.2, 0.25) is 5.91 Å². The molecule has 1 atom stereocenters. The van der Waals surface area contributed by atoms with Crippen LogP contribution in [0.1, 0.15) is 10.9 Å². The predicted octanol–water partition coefficient (Wildman–Crippen LogP) is 3.64. The molecule has 0 saturated heterocycles. The number of amides is 1. The topological polar surface area (TPSA) is 29.5 Å². The van der Waals surface area contributed by atoms with Crippen LogP contribution in [0.4, 0.5) is 5.69 Å². The molecule has 104 valence electrons. The molecule has 20 heavy (non-hydrogen) atoms. The standard InChI is InChI=1S/C16H16ClNO2/c1-18(13-6-4-3-5-7-13)16(19)15(17)12-8-10-14(20-2)11-9-12/h3-11,15H,1-2H3. The smallest absolute Gasteiger partial charge is 0.249 e. The number of halogens is 1. The lowest BCUT2D eigenvalue weighted by Gasteiger charge is -2.20. The lowest BCUT2D eigenvalue weighted by molar-refractivity contribution is -0.118. The Morgan fingerprint density at radius 3 is 2.25 bits per heavy atom. The lowest BCUT2D eigenvalue weighted by Crippen LogP contribution is -2.29. The zero-order valence-electron chi connectivity index (χ0n) is 11.4. The molecule has 0 fully saturated rings. The summed E-state index contributed by atoms with van der Waals surface area (Å²) in [6, 6.07) is 16.6. The minimum absolute atomic E-state index is 0.164. The fraction of sp³-hybridized carbons (Fsp3) is 0.188. The van der Waals surface area contributed by atoms with Crippen molar-refractivity contribution < 1.29 is 9.53 Å². The van der Waals surface area contributed by atoms with E-state index in [-0.39, 0.29) is 5.91 Å². The maximum absolute atomic E-state index is 12.4. The molecule has 2 aromatic rings. The average molecular weight is 290 g/mol. The number of para-hydroxylation sites is 1. The van der Waals surface area contributed by atoms with Crippen molar-refractivity contribution in [2.24, 2.45) is 0 Å². The van der Waals surface area contributed by atoms with Crippen molar-refractivity contribution in [3.63, 3.8) is 0 Å². The Bertz CT molecular complexity index is 569. The summed E-state index contributed by atoms with van der Waals surface area (Å²) < 4.78 is 5.09. The highest BCUT2D eigenvalue weighted by molar-refractivity contribution is 6.32. The zero-order valence-corrected chi connectivity index (χ0v) is 12.2. The first kappa shape index (κ1) is 14.4. The zero-order chi connectivity index (χ0) is 14.5. The summed E-state index contributed by atoms with van der Waals surface area (Å²) >= 11 is 6.26. The Kier molecular flexibility index (Phi) is 4.64. The Hall–Kier alpha value is -2.00. The number of alkyl halides is 1. The molecule has 0 aliphatic heterocycles. The van der Waals surface area contributed by atoms with Gasteiger partial charge in [-0.25, -0.2) is 0 Å². The number of likely N-dealkylation sites (N-methyl/N-ethyl adjacent to an activating group) is 1. The minimum atomic E-state index is -0.717. The number of nitrogens with zero attached hydrogens (tertiary/aromatic N) is 1. The molecule has 0 saturated carbocycles. The van der Waals surface area contributed by atoms with E-state index >= 15 is 0 Å². The van der Waals surface area contributed by atoms with Gasteiger partial charge in [-0.05, 0) is 29.8 Å². The number of hydrogen-bond donors (Lipinski definition) is 0. The van der Waals surface area contributed by atoms with Crippen molar-refractivity contribution in [1.82, 2.24) is 0 Å². The second kappa shape index (κ2) is 6.44. The van der Waals surface area contributed by atoms with E-state index in [0.717, 1.165) is 17.0 Å². The predicted molar refractivity (Wildman–Crippen MR) is 81.4 cm³/mol. The highest BCUT2D eigenvalue weighted by atomic mass is 35.5. The molecule has 1 unspecified atom stereocenters. The third-order valence-corrected chi connectivity index (χ3v) is 3.54. The summed E-state index contributed by atoms with van der Waals surface area (Å²) in [6.07, 6.45) is 0. The van der Waals surface area contributed by atoms with Gasteiger partial charge >= 0.3 is 0 Å². The van der Waals surface area contributed by atoms with Crippen LogP contribution < -0.4 is 9.64 Å². The van der Waals surface area contributed by atoms with Gasteiger partial charge in [-0.1, -0.05) is 30.3 Å². The summed E-state index contributed by atoms with van der Waals surface area (Å²) in [5, 5.41) is -0.717. The van der Waals surface area contributed by atoms with E-state index in [2.05, 4.69) is 0 Å². The van der Waals surface area contributed by atoms with Crippen LogP contribution in [0.25, 0.3) is 0 Å². The monoisotopic (exact) mass is 289 g/mol. The number of ether oxygens (including phenoxy) is 1. The molecular formula is C16H16ClNO2. The van der Waals surface area contributed by atoms with Crippen LogP contribution in [-0.2, 0) is 4.79 Å². The molecule has 4 heteroatoms. The van der Waals surface area contributed by atoms with Gasteiger partial charge in [0.25, 0.3) is 0 Å². The van der Waals surface area contributed by atoms with Gasteiger partial charge in [0.1, 0.15) is 11.1 Å². The largest absolute Gasteiger partial charge is 0.497 e. The van der Waals surface area contributed by atoms with Gasteiger partial charge < -0.3 is 9.64 Å². The highest BCUT2D eigenvalue weighted by Crippen LogP contribution is 2.26. The van der Waals surface area contributed by atoms with Gasteiger partial charge in [0.15, 0.2) is 0 Å². The van der Waals surface area contributed by atoms with E-state index in [1.165, 1.54) is 0 Å². The van der Waals surface area contributed by atoms with Crippen molar-refractivity contribution in [3.8, 4) is 5.75 Å². The number of carbonyl (C=O) groups is 1. The average Bonchev–Trinajstić information content (AvgIpc) is 2.53. The molecule has 2 rings (SSSR count). The van der Waals surface area contributed by atoms with Gasteiger partial charge in [-0.3, -0.25) is 4.79 Å². The van der Waals surface area contributed by atoms with Gasteiger partial charge in [-0.2, -0.15) is 0 Å². The molecule has 0 aliphatic rings. The van der Waals surface area contributed by atoms with Crippen molar-refractivity contribution in [2.45, 2.75) is 5.38 Å². The number of methoxy groups -OCH3 is 1. The second-order valence-corrected chi connectivity index (χ2v) is 4.80. The highest BCUT2D eigenvalue weighted by Gasteiger charge is 2.22. The normalized spacial score (nSPS) is 11.8. The molecular weight excluding hydrogens is 274 g/mol. The Balaban J connectivity index is 2.15. The van der Waals surface area contributed by atoms with E-state index in [1.807, 2.05) is 30.3 Å². The number of carbonyl (C=O) groups excluding carboxylic acids is 1. The van der Waals surface area contributed by atoms with E-state index in [9.17, 15) is 4.79 Å². The van der Waals surface area contributed by atoms with E-state index in [0.29, 0.717) is 0 Å². The summed E-state index contributed by atoms with van der Waals surface area (Å²) in [5.41, 5.74) is 1.57. The number of anilines is 1. The van der Waals surface area contributed by atoms with Crippen LogP contribution in [-0.4, -0.2) is 20.1 Å². The van der Waals surface area contributed by atoms with Crippen LogP contribution >= 0.6 is 11.6 Å². The molecule has 2 aromatic carbocycles. The molecule has 3 nitrogen and oxygen atoms in total. The van der Waals surface area contributed by atoms with Crippen LogP contribution in [0.15, 0.2) is 54.6 Å². The lowest BCUT2D eigenvalue weighted by atomic mass is 10.1.